The van der Waals surface area contributed by atoms with Crippen molar-refractivity contribution in [3.8, 4) is 0 Å². The Labute approximate surface area is 50.7 Å². The normalized spacial score (nSPS) is 24.0. The fourth-order valence-electron chi connectivity index (χ4n) is 0.818. The summed E-state index contributed by atoms with van der Waals surface area (Å²) in [6, 6.07) is 0. The van der Waals surface area contributed by atoms with Gasteiger partial charge >= 0.3 is 0 Å². The lowest BCUT2D eigenvalue weighted by atomic mass is 10.2. The lowest BCUT2D eigenvalue weighted by molar-refractivity contribution is 0.546. The molecule has 0 bridgehead atoms. The predicted molar refractivity (Wildman–Crippen MR) is 34.4 cm³/mol. The summed E-state index contributed by atoms with van der Waals surface area (Å²) in [5.74, 6) is 0. The van der Waals surface area contributed by atoms with Crippen LogP contribution in [0.4, 0.5) is 0 Å². The molecule has 0 aromatic rings. The molecule has 0 aliphatic carbocycles. The molecule has 0 amide bonds. The van der Waals surface area contributed by atoms with Crippen LogP contribution in [-0.4, -0.2) is 19.8 Å². The van der Waals surface area contributed by atoms with Gasteiger partial charge in [-0.25, -0.2) is 0 Å². The minimum atomic E-state index is 0.980. The summed E-state index contributed by atoms with van der Waals surface area (Å²) >= 11 is 0. The second-order valence-corrected chi connectivity index (χ2v) is 2.04. The van der Waals surface area contributed by atoms with Crippen LogP contribution >= 0.6 is 0 Å². The quantitative estimate of drug-likeness (QED) is 0.466. The molecule has 2 nitrogen and oxygen atoms in total. The smallest absolute Gasteiger partial charge is 0.0454 e. The van der Waals surface area contributed by atoms with Gasteiger partial charge in [-0.1, -0.05) is 0 Å². The number of nitrogens with one attached hydrogen (secondary N) is 2. The van der Waals surface area contributed by atoms with E-state index in [1.807, 2.05) is 0 Å². The average molecular weight is 113 g/mol. The molecule has 8 heavy (non-hydrogen) atoms. The molecule has 1 rings (SSSR count). The Kier molecular flexibility index (Phi) is 2.92. The summed E-state index contributed by atoms with van der Waals surface area (Å²) < 4.78 is 0. The molecule has 0 atom stereocenters. The summed E-state index contributed by atoms with van der Waals surface area (Å²) in [6.45, 7) is 3.24. The third-order valence-corrected chi connectivity index (χ3v) is 1.30. The standard InChI is InChI=1S/C6H13N2/c1-2-4-7-6-8-5-3-1/h1,7-8H,2-6H2. The zero-order chi connectivity index (χ0) is 5.66. The van der Waals surface area contributed by atoms with Gasteiger partial charge in [-0.15, -0.1) is 0 Å². The van der Waals surface area contributed by atoms with Crippen LogP contribution in [0.3, 0.4) is 0 Å². The fraction of sp³-hybridized carbons (Fsp3) is 0.833. The molecule has 47 valence electrons. The molecule has 1 heterocycles. The first-order chi connectivity index (χ1) is 4.00. The molecule has 1 aliphatic heterocycles. The Morgan fingerprint density at radius 2 is 1.62 bits per heavy atom. The maximum absolute atomic E-state index is 3.24. The van der Waals surface area contributed by atoms with Crippen LogP contribution in [0.2, 0.25) is 0 Å². The molecule has 0 spiro atoms. The van der Waals surface area contributed by atoms with Crippen LogP contribution in [0.1, 0.15) is 12.8 Å². The monoisotopic (exact) mass is 113 g/mol. The molecular weight excluding hydrogens is 100 g/mol. The van der Waals surface area contributed by atoms with E-state index < -0.39 is 0 Å². The number of hydrogen-bond acceptors (Lipinski definition) is 2. The van der Waals surface area contributed by atoms with Crippen molar-refractivity contribution in [2.24, 2.45) is 0 Å². The first kappa shape index (κ1) is 6.05. The van der Waals surface area contributed by atoms with Gasteiger partial charge in [-0.05, 0) is 32.4 Å². The Balaban J connectivity index is 2.00. The lowest BCUT2D eigenvalue weighted by Crippen LogP contribution is -2.32. The summed E-state index contributed by atoms with van der Waals surface area (Å²) in [5.41, 5.74) is 0. The molecule has 0 saturated carbocycles. The van der Waals surface area contributed by atoms with Crippen molar-refractivity contribution in [1.29, 1.82) is 0 Å². The molecule has 0 unspecified atom stereocenters. The van der Waals surface area contributed by atoms with E-state index in [0.29, 0.717) is 0 Å². The van der Waals surface area contributed by atoms with Gasteiger partial charge in [0.15, 0.2) is 0 Å². The minimum absolute atomic E-state index is 0.980. The second kappa shape index (κ2) is 3.87. The highest BCUT2D eigenvalue weighted by molar-refractivity contribution is 4.69. The number of rotatable bonds is 0. The molecule has 1 fully saturated rings. The van der Waals surface area contributed by atoms with Crippen molar-refractivity contribution >= 4 is 0 Å². The summed E-state index contributed by atoms with van der Waals surface area (Å²) in [4.78, 5) is 0. The van der Waals surface area contributed by atoms with Gasteiger partial charge in [0.05, 0.1) is 0 Å². The van der Waals surface area contributed by atoms with Gasteiger partial charge < -0.3 is 10.6 Å². The van der Waals surface area contributed by atoms with E-state index in [1.54, 1.807) is 0 Å². The van der Waals surface area contributed by atoms with Crippen molar-refractivity contribution in [3.63, 3.8) is 0 Å². The van der Waals surface area contributed by atoms with Crippen molar-refractivity contribution < 1.29 is 0 Å². The molecule has 0 aromatic carbocycles. The first-order valence-electron chi connectivity index (χ1n) is 3.23. The van der Waals surface area contributed by atoms with Gasteiger partial charge in [-0.3, -0.25) is 0 Å². The van der Waals surface area contributed by atoms with Crippen molar-refractivity contribution in [3.05, 3.63) is 6.42 Å². The van der Waals surface area contributed by atoms with Gasteiger partial charge in [0.2, 0.25) is 0 Å². The average Bonchev–Trinajstić information content (AvgIpc) is 1.62. The van der Waals surface area contributed by atoms with Crippen LogP contribution in [0.25, 0.3) is 0 Å². The van der Waals surface area contributed by atoms with Crippen LogP contribution in [-0.2, 0) is 0 Å². The Morgan fingerprint density at radius 3 is 2.25 bits per heavy atom. The van der Waals surface area contributed by atoms with E-state index in [1.165, 1.54) is 12.8 Å². The molecule has 1 radical (unpaired) electrons. The van der Waals surface area contributed by atoms with E-state index in [-0.39, 0.29) is 0 Å². The minimum Gasteiger partial charge on any atom is -0.304 e. The zero-order valence-corrected chi connectivity index (χ0v) is 5.11. The van der Waals surface area contributed by atoms with Gasteiger partial charge in [-0.2, -0.15) is 0 Å². The van der Waals surface area contributed by atoms with Crippen molar-refractivity contribution in [2.45, 2.75) is 12.8 Å². The van der Waals surface area contributed by atoms with Gasteiger partial charge in [0.25, 0.3) is 0 Å². The molecule has 1 aliphatic rings. The molecule has 2 N–H and O–H groups in total. The highest BCUT2D eigenvalue weighted by Crippen LogP contribution is 1.91. The van der Waals surface area contributed by atoms with Gasteiger partial charge in [0, 0.05) is 6.67 Å². The summed E-state index contributed by atoms with van der Waals surface area (Å²) in [5, 5.41) is 6.49. The fourth-order valence-corrected chi connectivity index (χ4v) is 0.818. The summed E-state index contributed by atoms with van der Waals surface area (Å²) in [7, 11) is 0. The topological polar surface area (TPSA) is 24.1 Å². The third-order valence-electron chi connectivity index (χ3n) is 1.30. The highest BCUT2D eigenvalue weighted by Gasteiger charge is 1.93. The van der Waals surface area contributed by atoms with E-state index in [0.717, 1.165) is 19.8 Å². The first-order valence-corrected chi connectivity index (χ1v) is 3.23. The molecule has 1 saturated heterocycles. The maximum atomic E-state index is 3.24. The predicted octanol–water partition coefficient (Wildman–Crippen LogP) is 0.121. The molecule has 0 aromatic heterocycles. The van der Waals surface area contributed by atoms with Crippen LogP contribution in [0.15, 0.2) is 0 Å². The lowest BCUT2D eigenvalue weighted by Gasteiger charge is -2.09. The SMILES string of the molecule is [CH]1CCNCNCC1. The van der Waals surface area contributed by atoms with E-state index in [2.05, 4.69) is 17.1 Å². The largest absolute Gasteiger partial charge is 0.304 e. The number of hydrogen-bond donors (Lipinski definition) is 2. The molecule has 2 heteroatoms. The van der Waals surface area contributed by atoms with Crippen LogP contribution in [0.5, 0.6) is 0 Å². The van der Waals surface area contributed by atoms with E-state index in [9.17, 15) is 0 Å². The third kappa shape index (κ3) is 2.28. The summed E-state index contributed by atoms with van der Waals surface area (Å²) in [6.07, 6.45) is 4.77. The van der Waals surface area contributed by atoms with Gasteiger partial charge in [0.1, 0.15) is 0 Å². The van der Waals surface area contributed by atoms with E-state index in [4.69, 9.17) is 0 Å². The van der Waals surface area contributed by atoms with Crippen LogP contribution in [0, 0.1) is 6.42 Å². The van der Waals surface area contributed by atoms with Crippen molar-refractivity contribution in [2.75, 3.05) is 19.8 Å². The Morgan fingerprint density at radius 1 is 1.00 bits per heavy atom. The highest BCUT2D eigenvalue weighted by atomic mass is 15.1. The second-order valence-electron chi connectivity index (χ2n) is 2.04. The van der Waals surface area contributed by atoms with E-state index >= 15 is 0 Å². The Bertz CT molecular complexity index is 30.5. The van der Waals surface area contributed by atoms with Crippen molar-refractivity contribution in [1.82, 2.24) is 10.6 Å². The Hall–Kier alpha value is -0.0800. The zero-order valence-electron chi connectivity index (χ0n) is 5.11. The maximum Gasteiger partial charge on any atom is 0.0454 e. The van der Waals surface area contributed by atoms with Crippen LogP contribution < -0.4 is 10.6 Å². The molecular formula is C6H13N2.